The van der Waals surface area contributed by atoms with Crippen LogP contribution in [0, 0.1) is 5.82 Å². The number of benzene rings is 1. The molecule has 0 bridgehead atoms. The van der Waals surface area contributed by atoms with E-state index in [0.29, 0.717) is 17.8 Å². The molecular formula is C12H16FN5O2S. The lowest BCUT2D eigenvalue weighted by molar-refractivity contribution is 0.574. The van der Waals surface area contributed by atoms with Crippen LogP contribution in [0.4, 0.5) is 4.39 Å². The number of hydrogen-bond donors (Lipinski definition) is 2. The van der Waals surface area contributed by atoms with E-state index in [4.69, 9.17) is 5.73 Å². The maximum Gasteiger partial charge on any atom is 0.241 e. The molecule has 2 rings (SSSR count). The standard InChI is InChI=1S/C12H16FN5O2S/c1-18-8-15-17-12(18)4-5-16-21(19,20)11-6-10(13)3-2-9(11)7-14/h2-3,6,8,16H,4-5,7,14H2,1H3. The summed E-state index contributed by atoms with van der Waals surface area (Å²) in [7, 11) is -2.05. The van der Waals surface area contributed by atoms with E-state index < -0.39 is 15.8 Å². The topological polar surface area (TPSA) is 103 Å². The highest BCUT2D eigenvalue weighted by atomic mass is 32.2. The van der Waals surface area contributed by atoms with Crippen molar-refractivity contribution in [3.63, 3.8) is 0 Å². The summed E-state index contributed by atoms with van der Waals surface area (Å²) >= 11 is 0. The molecule has 1 heterocycles. The van der Waals surface area contributed by atoms with Crippen molar-refractivity contribution in [3.8, 4) is 0 Å². The highest BCUT2D eigenvalue weighted by Crippen LogP contribution is 2.16. The fourth-order valence-electron chi connectivity index (χ4n) is 1.86. The van der Waals surface area contributed by atoms with Crippen molar-refractivity contribution in [1.82, 2.24) is 19.5 Å². The smallest absolute Gasteiger partial charge is 0.241 e. The third-order valence-corrected chi connectivity index (χ3v) is 4.53. The molecule has 0 saturated heterocycles. The summed E-state index contributed by atoms with van der Waals surface area (Å²) in [6, 6.07) is 3.51. The second-order valence-corrected chi connectivity index (χ2v) is 6.20. The van der Waals surface area contributed by atoms with Gasteiger partial charge in [-0.3, -0.25) is 0 Å². The van der Waals surface area contributed by atoms with Gasteiger partial charge >= 0.3 is 0 Å². The zero-order valence-corrected chi connectivity index (χ0v) is 12.3. The molecule has 0 aliphatic carbocycles. The highest BCUT2D eigenvalue weighted by Gasteiger charge is 2.18. The Morgan fingerprint density at radius 1 is 1.43 bits per heavy atom. The van der Waals surface area contributed by atoms with Gasteiger partial charge < -0.3 is 10.3 Å². The molecule has 0 amide bonds. The number of halogens is 1. The van der Waals surface area contributed by atoms with Crippen LogP contribution in [0.5, 0.6) is 0 Å². The fourth-order valence-corrected chi connectivity index (χ4v) is 3.15. The van der Waals surface area contributed by atoms with Crippen LogP contribution in [0.25, 0.3) is 0 Å². The first-order valence-electron chi connectivity index (χ1n) is 6.25. The number of aryl methyl sites for hydroxylation is 1. The molecule has 2 aromatic rings. The molecule has 9 heteroatoms. The zero-order valence-electron chi connectivity index (χ0n) is 11.5. The first-order chi connectivity index (χ1) is 9.94. The summed E-state index contributed by atoms with van der Waals surface area (Å²) in [4.78, 5) is -0.136. The van der Waals surface area contributed by atoms with E-state index in [1.165, 1.54) is 18.5 Å². The SMILES string of the molecule is Cn1cnnc1CCNS(=O)(=O)c1cc(F)ccc1CN. The molecule has 0 aliphatic rings. The van der Waals surface area contributed by atoms with Crippen LogP contribution in [0.1, 0.15) is 11.4 Å². The Morgan fingerprint density at radius 2 is 2.19 bits per heavy atom. The molecule has 0 spiro atoms. The Balaban J connectivity index is 2.12. The maximum atomic E-state index is 13.3. The van der Waals surface area contributed by atoms with E-state index in [1.807, 2.05) is 0 Å². The van der Waals surface area contributed by atoms with Gasteiger partial charge in [-0.2, -0.15) is 0 Å². The van der Waals surface area contributed by atoms with Gasteiger partial charge in [0.25, 0.3) is 0 Å². The molecule has 0 radical (unpaired) electrons. The number of nitrogens with zero attached hydrogens (tertiary/aromatic N) is 3. The summed E-state index contributed by atoms with van der Waals surface area (Å²) in [5.74, 6) is 0.0249. The van der Waals surface area contributed by atoms with Gasteiger partial charge in [0.1, 0.15) is 18.0 Å². The molecule has 1 aromatic heterocycles. The lowest BCUT2D eigenvalue weighted by Crippen LogP contribution is -2.28. The maximum absolute atomic E-state index is 13.3. The van der Waals surface area contributed by atoms with Crippen molar-refractivity contribution in [2.75, 3.05) is 6.54 Å². The predicted octanol–water partition coefficient (Wildman–Crippen LogP) is -0.0661. The Bertz CT molecular complexity index is 729. The van der Waals surface area contributed by atoms with Crippen LogP contribution in [-0.4, -0.2) is 29.7 Å². The molecule has 0 atom stereocenters. The number of nitrogens with one attached hydrogen (secondary N) is 1. The van der Waals surface area contributed by atoms with Crippen molar-refractivity contribution in [3.05, 3.63) is 41.7 Å². The minimum atomic E-state index is -3.82. The van der Waals surface area contributed by atoms with E-state index in [1.54, 1.807) is 11.6 Å². The van der Waals surface area contributed by atoms with Gasteiger partial charge in [-0.05, 0) is 17.7 Å². The monoisotopic (exact) mass is 313 g/mol. The van der Waals surface area contributed by atoms with Crippen molar-refractivity contribution < 1.29 is 12.8 Å². The summed E-state index contributed by atoms with van der Waals surface area (Å²) < 4.78 is 41.8. The van der Waals surface area contributed by atoms with Crippen LogP contribution < -0.4 is 10.5 Å². The van der Waals surface area contributed by atoms with Crippen LogP contribution in [0.2, 0.25) is 0 Å². The van der Waals surface area contributed by atoms with Gasteiger partial charge in [0.2, 0.25) is 10.0 Å². The lowest BCUT2D eigenvalue weighted by atomic mass is 10.2. The third kappa shape index (κ3) is 3.63. The third-order valence-electron chi connectivity index (χ3n) is 2.98. The normalized spacial score (nSPS) is 11.8. The zero-order chi connectivity index (χ0) is 15.5. The molecule has 1 aromatic carbocycles. The first-order valence-corrected chi connectivity index (χ1v) is 7.73. The molecule has 0 unspecified atom stereocenters. The summed E-state index contributed by atoms with van der Waals surface area (Å²) in [5.41, 5.74) is 5.85. The molecule has 7 nitrogen and oxygen atoms in total. The summed E-state index contributed by atoms with van der Waals surface area (Å²) in [6.07, 6.45) is 1.91. The lowest BCUT2D eigenvalue weighted by Gasteiger charge is -2.10. The number of aromatic nitrogens is 3. The van der Waals surface area contributed by atoms with E-state index in [9.17, 15) is 12.8 Å². The van der Waals surface area contributed by atoms with Crippen LogP contribution in [0.3, 0.4) is 0 Å². The van der Waals surface area contributed by atoms with Gasteiger partial charge in [0, 0.05) is 26.6 Å². The van der Waals surface area contributed by atoms with E-state index in [0.717, 1.165) is 6.07 Å². The largest absolute Gasteiger partial charge is 0.326 e. The van der Waals surface area contributed by atoms with Crippen molar-refractivity contribution in [1.29, 1.82) is 0 Å². The fraction of sp³-hybridized carbons (Fsp3) is 0.333. The number of hydrogen-bond acceptors (Lipinski definition) is 5. The van der Waals surface area contributed by atoms with Crippen molar-refractivity contribution in [2.45, 2.75) is 17.9 Å². The van der Waals surface area contributed by atoms with Crippen LogP contribution in [-0.2, 0) is 30.0 Å². The molecule has 3 N–H and O–H groups in total. The van der Waals surface area contributed by atoms with Gasteiger partial charge in [-0.1, -0.05) is 6.07 Å². The Labute approximate surface area is 122 Å². The van der Waals surface area contributed by atoms with Gasteiger partial charge in [-0.25, -0.2) is 17.5 Å². The highest BCUT2D eigenvalue weighted by molar-refractivity contribution is 7.89. The average molecular weight is 313 g/mol. The molecule has 0 aliphatic heterocycles. The van der Waals surface area contributed by atoms with Crippen molar-refractivity contribution in [2.24, 2.45) is 12.8 Å². The van der Waals surface area contributed by atoms with Crippen LogP contribution in [0.15, 0.2) is 29.4 Å². The Morgan fingerprint density at radius 3 is 2.81 bits per heavy atom. The number of nitrogens with two attached hydrogens (primary N) is 1. The van der Waals surface area contributed by atoms with E-state index >= 15 is 0 Å². The van der Waals surface area contributed by atoms with Gasteiger partial charge in [-0.15, -0.1) is 10.2 Å². The molecule has 0 saturated carbocycles. The summed E-state index contributed by atoms with van der Waals surface area (Å²) in [6.45, 7) is 0.148. The van der Waals surface area contributed by atoms with E-state index in [2.05, 4.69) is 14.9 Å². The summed E-state index contributed by atoms with van der Waals surface area (Å²) in [5, 5.41) is 7.56. The second kappa shape index (κ2) is 6.29. The average Bonchev–Trinajstić information content (AvgIpc) is 2.84. The first kappa shape index (κ1) is 15.5. The minimum absolute atomic E-state index is 0.0137. The predicted molar refractivity (Wildman–Crippen MR) is 74.2 cm³/mol. The minimum Gasteiger partial charge on any atom is -0.326 e. The molecular weight excluding hydrogens is 297 g/mol. The number of rotatable bonds is 6. The second-order valence-electron chi connectivity index (χ2n) is 4.46. The number of sulfonamides is 1. The van der Waals surface area contributed by atoms with Gasteiger partial charge in [0.15, 0.2) is 0 Å². The molecule has 0 fully saturated rings. The van der Waals surface area contributed by atoms with Crippen LogP contribution >= 0.6 is 0 Å². The molecule has 114 valence electrons. The van der Waals surface area contributed by atoms with E-state index in [-0.39, 0.29) is 18.0 Å². The quantitative estimate of drug-likeness (QED) is 0.777. The van der Waals surface area contributed by atoms with Gasteiger partial charge in [0.05, 0.1) is 4.90 Å². The van der Waals surface area contributed by atoms with Crippen molar-refractivity contribution >= 4 is 10.0 Å². The Kier molecular flexibility index (Phi) is 4.66. The Hall–Kier alpha value is -1.84. The molecule has 21 heavy (non-hydrogen) atoms.